The lowest BCUT2D eigenvalue weighted by molar-refractivity contribution is -0.384. The van der Waals surface area contributed by atoms with E-state index >= 15 is 0 Å². The summed E-state index contributed by atoms with van der Waals surface area (Å²) in [6.45, 7) is 1.98. The Morgan fingerprint density at radius 3 is 2.58 bits per heavy atom. The van der Waals surface area contributed by atoms with Gasteiger partial charge in [-0.3, -0.25) is 14.9 Å². The highest BCUT2D eigenvalue weighted by atomic mass is 16.6. The third-order valence-corrected chi connectivity index (χ3v) is 3.63. The summed E-state index contributed by atoms with van der Waals surface area (Å²) in [6.07, 6.45) is 5.19. The maximum atomic E-state index is 11.9. The lowest BCUT2D eigenvalue weighted by Crippen LogP contribution is -2.23. The molecule has 1 atom stereocenters. The number of amides is 1. The van der Waals surface area contributed by atoms with E-state index in [1.807, 2.05) is 6.92 Å². The van der Waals surface area contributed by atoms with Crippen molar-refractivity contribution in [3.05, 3.63) is 64.3 Å². The van der Waals surface area contributed by atoms with Gasteiger partial charge in [-0.2, -0.15) is 0 Å². The SMILES string of the molecule is CCC(CO)Nc1ccc(NC(=O)/C=C/c2ccc([N+](=O)[O-])cc2)cn1. The standard InChI is InChI=1S/C18H20N4O4/c1-2-14(12-23)20-17-9-6-15(11-19-17)21-18(24)10-5-13-3-7-16(8-4-13)22(25)26/h3-11,14,23H,2,12H2,1H3,(H,19,20)(H,21,24)/b10-5+. The molecule has 8 heteroatoms. The van der Waals surface area contributed by atoms with Gasteiger partial charge in [0.05, 0.1) is 29.5 Å². The van der Waals surface area contributed by atoms with Crippen LogP contribution in [0.4, 0.5) is 17.2 Å². The zero-order valence-corrected chi connectivity index (χ0v) is 14.3. The number of carbonyl (C=O) groups is 1. The first-order valence-corrected chi connectivity index (χ1v) is 8.08. The number of anilines is 2. The lowest BCUT2D eigenvalue weighted by Gasteiger charge is -2.14. The number of aromatic nitrogens is 1. The summed E-state index contributed by atoms with van der Waals surface area (Å²) in [5, 5.41) is 25.5. The van der Waals surface area contributed by atoms with Gasteiger partial charge in [0, 0.05) is 18.2 Å². The molecular weight excluding hydrogens is 336 g/mol. The zero-order chi connectivity index (χ0) is 18.9. The molecule has 0 saturated carbocycles. The second kappa shape index (κ2) is 9.28. The Hall–Kier alpha value is -3.26. The normalized spacial score (nSPS) is 11.9. The number of hydrogen-bond acceptors (Lipinski definition) is 6. The van der Waals surface area contributed by atoms with Crippen LogP contribution in [0.2, 0.25) is 0 Å². The molecule has 8 nitrogen and oxygen atoms in total. The number of nitro benzene ring substituents is 1. The van der Waals surface area contributed by atoms with Gasteiger partial charge in [-0.05, 0) is 42.3 Å². The van der Waals surface area contributed by atoms with E-state index in [0.29, 0.717) is 17.1 Å². The number of nitrogens with zero attached hydrogens (tertiary/aromatic N) is 2. The van der Waals surface area contributed by atoms with Crippen LogP contribution in [0, 0.1) is 10.1 Å². The molecule has 1 amide bonds. The monoisotopic (exact) mass is 356 g/mol. The zero-order valence-electron chi connectivity index (χ0n) is 14.3. The van der Waals surface area contributed by atoms with E-state index in [9.17, 15) is 14.9 Å². The molecule has 136 valence electrons. The molecule has 2 aromatic rings. The highest BCUT2D eigenvalue weighted by molar-refractivity contribution is 6.01. The van der Waals surface area contributed by atoms with E-state index in [1.54, 1.807) is 30.3 Å². The van der Waals surface area contributed by atoms with Crippen LogP contribution in [0.3, 0.4) is 0 Å². The summed E-state index contributed by atoms with van der Waals surface area (Å²) >= 11 is 0. The summed E-state index contributed by atoms with van der Waals surface area (Å²) < 4.78 is 0. The van der Waals surface area contributed by atoms with Gasteiger partial charge < -0.3 is 15.7 Å². The van der Waals surface area contributed by atoms with Crippen LogP contribution in [0.5, 0.6) is 0 Å². The molecule has 0 aliphatic rings. The number of carbonyl (C=O) groups excluding carboxylic acids is 1. The van der Waals surface area contributed by atoms with Gasteiger partial charge in [-0.1, -0.05) is 6.92 Å². The summed E-state index contributed by atoms with van der Waals surface area (Å²) in [4.78, 5) is 26.2. The summed E-state index contributed by atoms with van der Waals surface area (Å²) in [7, 11) is 0. The molecule has 26 heavy (non-hydrogen) atoms. The molecule has 0 fully saturated rings. The van der Waals surface area contributed by atoms with E-state index in [2.05, 4.69) is 15.6 Å². The molecule has 0 aliphatic heterocycles. The van der Waals surface area contributed by atoms with Gasteiger partial charge >= 0.3 is 0 Å². The maximum Gasteiger partial charge on any atom is 0.269 e. The quantitative estimate of drug-likeness (QED) is 0.380. The van der Waals surface area contributed by atoms with Crippen molar-refractivity contribution < 1.29 is 14.8 Å². The second-order valence-electron chi connectivity index (χ2n) is 5.54. The van der Waals surface area contributed by atoms with Gasteiger partial charge in [0.2, 0.25) is 5.91 Å². The third-order valence-electron chi connectivity index (χ3n) is 3.63. The first-order chi connectivity index (χ1) is 12.5. The maximum absolute atomic E-state index is 11.9. The third kappa shape index (κ3) is 5.67. The molecule has 0 bridgehead atoms. The largest absolute Gasteiger partial charge is 0.394 e. The van der Waals surface area contributed by atoms with E-state index in [0.717, 1.165) is 6.42 Å². The number of benzene rings is 1. The minimum Gasteiger partial charge on any atom is -0.394 e. The first kappa shape index (κ1) is 19.1. The van der Waals surface area contributed by atoms with Gasteiger partial charge in [-0.25, -0.2) is 4.98 Å². The number of aliphatic hydroxyl groups is 1. The number of hydrogen-bond donors (Lipinski definition) is 3. The van der Waals surface area contributed by atoms with E-state index < -0.39 is 4.92 Å². The minimum atomic E-state index is -0.477. The highest BCUT2D eigenvalue weighted by Gasteiger charge is 2.06. The fourth-order valence-corrected chi connectivity index (χ4v) is 2.10. The van der Waals surface area contributed by atoms with Crippen molar-refractivity contribution in [1.29, 1.82) is 0 Å². The molecule has 0 saturated heterocycles. The molecule has 1 aromatic heterocycles. The van der Waals surface area contributed by atoms with E-state index in [-0.39, 0.29) is 24.2 Å². The second-order valence-corrected chi connectivity index (χ2v) is 5.54. The number of non-ortho nitro benzene ring substituents is 1. The molecule has 0 aliphatic carbocycles. The minimum absolute atomic E-state index is 0.00196. The number of aliphatic hydroxyl groups excluding tert-OH is 1. The summed E-state index contributed by atoms with van der Waals surface area (Å²) in [5.74, 6) is 0.276. The Morgan fingerprint density at radius 2 is 2.04 bits per heavy atom. The smallest absolute Gasteiger partial charge is 0.269 e. The Morgan fingerprint density at radius 1 is 1.31 bits per heavy atom. The van der Waals surface area contributed by atoms with Crippen LogP contribution in [-0.4, -0.2) is 33.6 Å². The van der Waals surface area contributed by atoms with E-state index in [1.165, 1.54) is 24.4 Å². The fraction of sp³-hybridized carbons (Fsp3) is 0.222. The summed E-state index contributed by atoms with van der Waals surface area (Å²) in [5.41, 5.74) is 1.21. The Balaban J connectivity index is 1.91. The Labute approximate surface area is 150 Å². The van der Waals surface area contributed by atoms with Crippen molar-refractivity contribution in [2.24, 2.45) is 0 Å². The number of nitrogens with one attached hydrogen (secondary N) is 2. The molecule has 0 spiro atoms. The average Bonchev–Trinajstić information content (AvgIpc) is 2.66. The van der Waals surface area contributed by atoms with Gasteiger partial charge in [-0.15, -0.1) is 0 Å². The fourth-order valence-electron chi connectivity index (χ4n) is 2.10. The van der Waals surface area contributed by atoms with E-state index in [4.69, 9.17) is 5.11 Å². The van der Waals surface area contributed by atoms with Crippen molar-refractivity contribution >= 4 is 29.2 Å². The molecule has 0 radical (unpaired) electrons. The first-order valence-electron chi connectivity index (χ1n) is 8.08. The van der Waals surface area contributed by atoms with Crippen molar-refractivity contribution in [3.63, 3.8) is 0 Å². The van der Waals surface area contributed by atoms with Crippen LogP contribution < -0.4 is 10.6 Å². The van der Waals surface area contributed by atoms with Crippen molar-refractivity contribution in [1.82, 2.24) is 4.98 Å². The highest BCUT2D eigenvalue weighted by Crippen LogP contribution is 2.14. The molecule has 1 unspecified atom stereocenters. The molecule has 2 rings (SSSR count). The number of rotatable bonds is 8. The van der Waals surface area contributed by atoms with Crippen LogP contribution in [-0.2, 0) is 4.79 Å². The van der Waals surface area contributed by atoms with Crippen LogP contribution in [0.1, 0.15) is 18.9 Å². The van der Waals surface area contributed by atoms with Gasteiger partial charge in [0.25, 0.3) is 5.69 Å². The molecule has 1 heterocycles. The average molecular weight is 356 g/mol. The van der Waals surface area contributed by atoms with Crippen LogP contribution in [0.25, 0.3) is 6.08 Å². The number of pyridine rings is 1. The molecule has 3 N–H and O–H groups in total. The van der Waals surface area contributed by atoms with Gasteiger partial charge in [0.1, 0.15) is 5.82 Å². The van der Waals surface area contributed by atoms with Crippen molar-refractivity contribution in [2.45, 2.75) is 19.4 Å². The van der Waals surface area contributed by atoms with Crippen molar-refractivity contribution in [2.75, 3.05) is 17.2 Å². The lowest BCUT2D eigenvalue weighted by atomic mass is 10.2. The van der Waals surface area contributed by atoms with Gasteiger partial charge in [0.15, 0.2) is 0 Å². The van der Waals surface area contributed by atoms with Crippen molar-refractivity contribution in [3.8, 4) is 0 Å². The van der Waals surface area contributed by atoms with Crippen LogP contribution >= 0.6 is 0 Å². The van der Waals surface area contributed by atoms with Crippen LogP contribution in [0.15, 0.2) is 48.7 Å². The topological polar surface area (TPSA) is 117 Å². The predicted molar refractivity (Wildman–Crippen MR) is 99.8 cm³/mol. The Bertz CT molecular complexity index is 769. The summed E-state index contributed by atoms with van der Waals surface area (Å²) in [6, 6.07) is 9.24. The Kier molecular flexibility index (Phi) is 6.81. The molecule has 1 aromatic carbocycles. The predicted octanol–water partition coefficient (Wildman–Crippen LogP) is 2.82. The number of nitro groups is 1. The molecular formula is C18H20N4O4.